The van der Waals surface area contributed by atoms with Crippen LogP contribution in [0.2, 0.25) is 0 Å². The van der Waals surface area contributed by atoms with Crippen LogP contribution in [0.1, 0.15) is 12.5 Å². The number of benzene rings is 1. The molecule has 0 saturated carbocycles. The zero-order valence-electron chi connectivity index (χ0n) is 8.94. The van der Waals surface area contributed by atoms with E-state index in [-0.39, 0.29) is 0 Å². The first-order valence-corrected chi connectivity index (χ1v) is 5.72. The van der Waals surface area contributed by atoms with Gasteiger partial charge in [0, 0.05) is 4.47 Å². The standard InChI is InChI=1S/C11H14BrNO3/c1-7(11(14)15)16-9-2-3-10(12)8(6-9)4-5-13/h2-3,6-7H,4-5,13H2,1H3,(H,14,15). The minimum absolute atomic E-state index is 0.538. The van der Waals surface area contributed by atoms with E-state index in [9.17, 15) is 4.79 Å². The molecule has 0 heterocycles. The van der Waals surface area contributed by atoms with E-state index in [2.05, 4.69) is 15.9 Å². The SMILES string of the molecule is CC(Oc1ccc(Br)c(CCN)c1)C(=O)O. The molecule has 3 N–H and O–H groups in total. The zero-order valence-corrected chi connectivity index (χ0v) is 10.5. The fourth-order valence-electron chi connectivity index (χ4n) is 1.23. The Kier molecular flexibility index (Phi) is 4.76. The van der Waals surface area contributed by atoms with Gasteiger partial charge in [0.05, 0.1) is 0 Å². The predicted molar refractivity (Wildman–Crippen MR) is 64.6 cm³/mol. The molecule has 0 aromatic heterocycles. The molecule has 0 fully saturated rings. The van der Waals surface area contributed by atoms with E-state index in [1.54, 1.807) is 12.1 Å². The maximum absolute atomic E-state index is 10.6. The summed E-state index contributed by atoms with van der Waals surface area (Å²) in [7, 11) is 0. The highest BCUT2D eigenvalue weighted by Crippen LogP contribution is 2.23. The second kappa shape index (κ2) is 5.86. The molecule has 1 aromatic rings. The number of carbonyl (C=O) groups is 1. The number of halogens is 1. The number of hydrogen-bond acceptors (Lipinski definition) is 3. The molecule has 0 aliphatic rings. The molecule has 1 atom stereocenters. The van der Waals surface area contributed by atoms with Gasteiger partial charge in [-0.2, -0.15) is 0 Å². The van der Waals surface area contributed by atoms with Crippen LogP contribution in [0.4, 0.5) is 0 Å². The van der Waals surface area contributed by atoms with E-state index in [4.69, 9.17) is 15.6 Å². The Morgan fingerprint density at radius 1 is 1.62 bits per heavy atom. The van der Waals surface area contributed by atoms with Crippen LogP contribution >= 0.6 is 15.9 Å². The second-order valence-corrected chi connectivity index (χ2v) is 4.24. The minimum Gasteiger partial charge on any atom is -0.479 e. The van der Waals surface area contributed by atoms with E-state index in [1.807, 2.05) is 6.07 Å². The number of carboxylic acids is 1. The van der Waals surface area contributed by atoms with Crippen molar-refractivity contribution in [1.82, 2.24) is 0 Å². The molecule has 5 heteroatoms. The van der Waals surface area contributed by atoms with E-state index in [1.165, 1.54) is 6.92 Å². The van der Waals surface area contributed by atoms with Gasteiger partial charge in [-0.05, 0) is 43.7 Å². The van der Waals surface area contributed by atoms with Crippen molar-refractivity contribution < 1.29 is 14.6 Å². The van der Waals surface area contributed by atoms with Crippen LogP contribution in [0.3, 0.4) is 0 Å². The van der Waals surface area contributed by atoms with Crippen molar-refractivity contribution in [3.05, 3.63) is 28.2 Å². The van der Waals surface area contributed by atoms with Crippen molar-refractivity contribution in [2.75, 3.05) is 6.54 Å². The Labute approximate surface area is 103 Å². The summed E-state index contributed by atoms with van der Waals surface area (Å²) >= 11 is 3.40. The van der Waals surface area contributed by atoms with E-state index in [0.717, 1.165) is 16.5 Å². The topological polar surface area (TPSA) is 72.5 Å². The first-order valence-electron chi connectivity index (χ1n) is 4.92. The van der Waals surface area contributed by atoms with E-state index < -0.39 is 12.1 Å². The Bertz CT molecular complexity index is 381. The third-order valence-electron chi connectivity index (χ3n) is 2.09. The Hall–Kier alpha value is -1.07. The van der Waals surface area contributed by atoms with Gasteiger partial charge in [0.1, 0.15) is 5.75 Å². The maximum atomic E-state index is 10.6. The lowest BCUT2D eigenvalue weighted by molar-refractivity contribution is -0.144. The van der Waals surface area contributed by atoms with Gasteiger partial charge in [0.25, 0.3) is 0 Å². The highest BCUT2D eigenvalue weighted by molar-refractivity contribution is 9.10. The molecule has 0 aliphatic heterocycles. The molecule has 16 heavy (non-hydrogen) atoms. The summed E-state index contributed by atoms with van der Waals surface area (Å²) in [5.74, 6) is -0.440. The molecular formula is C11H14BrNO3. The molecule has 0 saturated heterocycles. The number of nitrogens with two attached hydrogens (primary N) is 1. The van der Waals surface area contributed by atoms with Gasteiger partial charge >= 0.3 is 5.97 Å². The molecule has 0 bridgehead atoms. The average Bonchev–Trinajstić information content (AvgIpc) is 2.23. The van der Waals surface area contributed by atoms with Crippen molar-refractivity contribution in [2.45, 2.75) is 19.4 Å². The molecule has 1 rings (SSSR count). The summed E-state index contributed by atoms with van der Waals surface area (Å²) in [6.45, 7) is 2.03. The number of rotatable bonds is 5. The highest BCUT2D eigenvalue weighted by atomic mass is 79.9. The summed E-state index contributed by atoms with van der Waals surface area (Å²) in [6.07, 6.45) is -0.133. The van der Waals surface area contributed by atoms with Crippen LogP contribution in [-0.2, 0) is 11.2 Å². The van der Waals surface area contributed by atoms with E-state index in [0.29, 0.717) is 12.3 Å². The fraction of sp³-hybridized carbons (Fsp3) is 0.364. The maximum Gasteiger partial charge on any atom is 0.344 e. The van der Waals surface area contributed by atoms with Crippen LogP contribution < -0.4 is 10.5 Å². The second-order valence-electron chi connectivity index (χ2n) is 3.39. The fourth-order valence-corrected chi connectivity index (χ4v) is 1.67. The van der Waals surface area contributed by atoms with Crippen molar-refractivity contribution in [1.29, 1.82) is 0 Å². The first-order chi connectivity index (χ1) is 7.54. The van der Waals surface area contributed by atoms with Gasteiger partial charge in [-0.3, -0.25) is 0 Å². The zero-order chi connectivity index (χ0) is 12.1. The van der Waals surface area contributed by atoms with Crippen LogP contribution in [0.25, 0.3) is 0 Å². The summed E-state index contributed by atoms with van der Waals surface area (Å²) < 4.78 is 6.21. The van der Waals surface area contributed by atoms with E-state index >= 15 is 0 Å². The highest BCUT2D eigenvalue weighted by Gasteiger charge is 2.12. The lowest BCUT2D eigenvalue weighted by Crippen LogP contribution is -2.22. The van der Waals surface area contributed by atoms with Crippen molar-refractivity contribution in [3.63, 3.8) is 0 Å². The van der Waals surface area contributed by atoms with Crippen molar-refractivity contribution >= 4 is 21.9 Å². The van der Waals surface area contributed by atoms with Crippen LogP contribution in [0, 0.1) is 0 Å². The first kappa shape index (κ1) is 13.0. The Morgan fingerprint density at radius 2 is 2.31 bits per heavy atom. The summed E-state index contributed by atoms with van der Waals surface area (Å²) in [6, 6.07) is 5.36. The Morgan fingerprint density at radius 3 is 2.88 bits per heavy atom. The predicted octanol–water partition coefficient (Wildman–Crippen LogP) is 1.80. The molecule has 0 amide bonds. The van der Waals surface area contributed by atoms with Crippen LogP contribution in [-0.4, -0.2) is 23.7 Å². The summed E-state index contributed by atoms with van der Waals surface area (Å²) in [4.78, 5) is 10.6. The van der Waals surface area contributed by atoms with Gasteiger partial charge in [-0.1, -0.05) is 15.9 Å². The number of hydrogen-bond donors (Lipinski definition) is 2. The van der Waals surface area contributed by atoms with Gasteiger partial charge in [0.15, 0.2) is 6.10 Å². The molecule has 0 radical (unpaired) electrons. The molecule has 88 valence electrons. The number of ether oxygens (including phenoxy) is 1. The van der Waals surface area contributed by atoms with Crippen LogP contribution in [0.5, 0.6) is 5.75 Å². The normalized spacial score (nSPS) is 12.2. The lowest BCUT2D eigenvalue weighted by atomic mass is 10.1. The van der Waals surface area contributed by atoms with Crippen molar-refractivity contribution in [3.8, 4) is 5.75 Å². The molecule has 4 nitrogen and oxygen atoms in total. The van der Waals surface area contributed by atoms with Gasteiger partial charge in [-0.25, -0.2) is 4.79 Å². The average molecular weight is 288 g/mol. The smallest absolute Gasteiger partial charge is 0.344 e. The van der Waals surface area contributed by atoms with Gasteiger partial charge < -0.3 is 15.6 Å². The van der Waals surface area contributed by atoms with Crippen molar-refractivity contribution in [2.24, 2.45) is 5.73 Å². The monoisotopic (exact) mass is 287 g/mol. The molecule has 1 aromatic carbocycles. The summed E-state index contributed by atoms with van der Waals surface area (Å²) in [5.41, 5.74) is 6.48. The van der Waals surface area contributed by atoms with Gasteiger partial charge in [0.2, 0.25) is 0 Å². The number of aliphatic carboxylic acids is 1. The third-order valence-corrected chi connectivity index (χ3v) is 2.87. The largest absolute Gasteiger partial charge is 0.479 e. The minimum atomic E-state index is -0.983. The molecule has 0 aliphatic carbocycles. The third kappa shape index (κ3) is 3.50. The Balaban J connectivity index is 2.82. The quantitative estimate of drug-likeness (QED) is 0.866. The van der Waals surface area contributed by atoms with Crippen LogP contribution in [0.15, 0.2) is 22.7 Å². The number of carboxylic acid groups (broad SMARTS) is 1. The molecular weight excluding hydrogens is 274 g/mol. The molecule has 1 unspecified atom stereocenters. The lowest BCUT2D eigenvalue weighted by Gasteiger charge is -2.12. The van der Waals surface area contributed by atoms with Gasteiger partial charge in [-0.15, -0.1) is 0 Å². The molecule has 0 spiro atoms. The summed E-state index contributed by atoms with van der Waals surface area (Å²) in [5, 5.41) is 8.72.